The van der Waals surface area contributed by atoms with Crippen LogP contribution in [0.15, 0.2) is 24.3 Å². The van der Waals surface area contributed by atoms with Crippen LogP contribution in [0.1, 0.15) is 0 Å². The van der Waals surface area contributed by atoms with Crippen molar-refractivity contribution < 1.29 is 38.7 Å². The molecule has 0 bridgehead atoms. The second-order valence-corrected chi connectivity index (χ2v) is 2.93. The number of nitrogens with zero attached hydrogens (tertiary/aromatic N) is 2. The molecule has 7 heteroatoms. The number of rotatable bonds is 2. The third kappa shape index (κ3) is 3.29. The molecule has 82 valence electrons. The zero-order chi connectivity index (χ0) is 11.5. The Hall–Kier alpha value is -1.37. The van der Waals surface area contributed by atoms with E-state index in [9.17, 15) is 4.39 Å². The van der Waals surface area contributed by atoms with Gasteiger partial charge in [0.2, 0.25) is 11.8 Å². The Labute approximate surface area is 119 Å². The quantitative estimate of drug-likeness (QED) is 0.488. The Morgan fingerprint density at radius 1 is 1.29 bits per heavy atom. The van der Waals surface area contributed by atoms with E-state index in [4.69, 9.17) is 16.2 Å². The molecule has 0 atom stereocenters. The Bertz CT molecular complexity index is 509. The standard InChI is InChI=1S/C10H8FN4O.Na/c11-7-8(12)14-10(13)15-9(7)16-6-4-2-1-3-5-6;/h1-2,4-5H,(H4,12,13,14,15);/q-1;+1. The zero-order valence-electron chi connectivity index (χ0n) is 9.14. The fourth-order valence-electron chi connectivity index (χ4n) is 1.08. The van der Waals surface area contributed by atoms with Crippen LogP contribution >= 0.6 is 0 Å². The van der Waals surface area contributed by atoms with Crippen LogP contribution in [0.4, 0.5) is 16.2 Å². The maximum absolute atomic E-state index is 13.4. The van der Waals surface area contributed by atoms with Crippen molar-refractivity contribution >= 4 is 11.8 Å². The van der Waals surface area contributed by atoms with Gasteiger partial charge < -0.3 is 16.2 Å². The molecule has 0 aliphatic rings. The summed E-state index contributed by atoms with van der Waals surface area (Å²) in [4.78, 5) is 7.06. The molecule has 0 saturated heterocycles. The molecular weight excluding hydrogens is 234 g/mol. The number of hydrogen-bond donors (Lipinski definition) is 2. The smallest absolute Gasteiger partial charge is 0.500 e. The van der Waals surface area contributed by atoms with Gasteiger partial charge >= 0.3 is 29.6 Å². The van der Waals surface area contributed by atoms with Crippen molar-refractivity contribution in [2.75, 3.05) is 11.5 Å². The van der Waals surface area contributed by atoms with Gasteiger partial charge in [0.15, 0.2) is 5.82 Å². The van der Waals surface area contributed by atoms with Crippen LogP contribution in [0.25, 0.3) is 0 Å². The predicted molar refractivity (Wildman–Crippen MR) is 56.2 cm³/mol. The molecule has 1 aromatic heterocycles. The molecule has 0 fully saturated rings. The number of anilines is 2. The van der Waals surface area contributed by atoms with E-state index in [1.807, 2.05) is 0 Å². The van der Waals surface area contributed by atoms with Crippen molar-refractivity contribution in [3.05, 3.63) is 36.1 Å². The molecule has 0 amide bonds. The van der Waals surface area contributed by atoms with Gasteiger partial charge in [-0.25, -0.2) is 0 Å². The maximum Gasteiger partial charge on any atom is 1.00 e. The average Bonchev–Trinajstić information content (AvgIpc) is 2.27. The van der Waals surface area contributed by atoms with E-state index in [0.717, 1.165) is 0 Å². The summed E-state index contributed by atoms with van der Waals surface area (Å²) < 4.78 is 18.6. The molecule has 1 heterocycles. The number of nitrogen functional groups attached to an aromatic ring is 2. The first kappa shape index (κ1) is 13.7. The Morgan fingerprint density at radius 3 is 2.71 bits per heavy atom. The van der Waals surface area contributed by atoms with Crippen molar-refractivity contribution in [3.63, 3.8) is 0 Å². The van der Waals surface area contributed by atoms with Gasteiger partial charge in [-0.15, -0.1) is 12.1 Å². The average molecular weight is 242 g/mol. The SMILES string of the molecule is Nc1nc(N)c(F)c(Oc2c[c-]ccc2)n1.[Na+]. The Morgan fingerprint density at radius 2 is 2.06 bits per heavy atom. The molecule has 0 unspecified atom stereocenters. The van der Waals surface area contributed by atoms with E-state index < -0.39 is 5.82 Å². The summed E-state index contributed by atoms with van der Waals surface area (Å²) in [5.41, 5.74) is 10.6. The summed E-state index contributed by atoms with van der Waals surface area (Å²) in [6, 6.07) is 9.32. The van der Waals surface area contributed by atoms with Crippen molar-refractivity contribution in [1.29, 1.82) is 0 Å². The molecule has 0 aliphatic heterocycles. The van der Waals surface area contributed by atoms with Gasteiger partial charge in [0.1, 0.15) is 0 Å². The molecule has 0 saturated carbocycles. The van der Waals surface area contributed by atoms with E-state index in [2.05, 4.69) is 16.0 Å². The maximum atomic E-state index is 13.4. The van der Waals surface area contributed by atoms with Crippen molar-refractivity contribution in [3.8, 4) is 11.6 Å². The monoisotopic (exact) mass is 242 g/mol. The van der Waals surface area contributed by atoms with Gasteiger partial charge in [0, 0.05) is 5.75 Å². The first-order valence-electron chi connectivity index (χ1n) is 4.39. The number of aromatic nitrogens is 2. The number of nitrogens with two attached hydrogens (primary N) is 2. The number of benzene rings is 1. The molecule has 0 aliphatic carbocycles. The van der Waals surface area contributed by atoms with Crippen molar-refractivity contribution in [2.24, 2.45) is 0 Å². The molecule has 5 nitrogen and oxygen atoms in total. The van der Waals surface area contributed by atoms with Gasteiger partial charge in [-0.05, 0) is 0 Å². The van der Waals surface area contributed by atoms with Crippen molar-refractivity contribution in [1.82, 2.24) is 9.97 Å². The molecule has 0 radical (unpaired) electrons. The van der Waals surface area contributed by atoms with E-state index in [0.29, 0.717) is 5.75 Å². The summed E-state index contributed by atoms with van der Waals surface area (Å²) in [7, 11) is 0. The van der Waals surface area contributed by atoms with Crippen LogP contribution in [0.3, 0.4) is 0 Å². The molecule has 0 spiro atoms. The first-order valence-corrected chi connectivity index (χ1v) is 4.39. The largest absolute Gasteiger partial charge is 1.00 e. The van der Waals surface area contributed by atoms with Gasteiger partial charge in [-0.2, -0.15) is 32.6 Å². The number of ether oxygens (including phenoxy) is 1. The van der Waals surface area contributed by atoms with Crippen LogP contribution in [-0.2, 0) is 0 Å². The fourth-order valence-corrected chi connectivity index (χ4v) is 1.08. The molecule has 2 rings (SSSR count). The number of halogens is 1. The molecule has 1 aromatic carbocycles. The minimum absolute atomic E-state index is 0. The fraction of sp³-hybridized carbons (Fsp3) is 0. The molecule has 4 N–H and O–H groups in total. The van der Waals surface area contributed by atoms with E-state index >= 15 is 0 Å². The van der Waals surface area contributed by atoms with Crippen LogP contribution < -0.4 is 45.8 Å². The summed E-state index contributed by atoms with van der Waals surface area (Å²) in [6.07, 6.45) is 0. The zero-order valence-corrected chi connectivity index (χ0v) is 11.1. The molecule has 2 aromatic rings. The summed E-state index contributed by atoms with van der Waals surface area (Å²) >= 11 is 0. The second-order valence-electron chi connectivity index (χ2n) is 2.93. The van der Waals surface area contributed by atoms with E-state index in [1.54, 1.807) is 18.2 Å². The van der Waals surface area contributed by atoms with E-state index in [-0.39, 0.29) is 47.2 Å². The van der Waals surface area contributed by atoms with Crippen LogP contribution in [-0.4, -0.2) is 9.97 Å². The van der Waals surface area contributed by atoms with Crippen LogP contribution in [0, 0.1) is 11.9 Å². The summed E-state index contributed by atoms with van der Waals surface area (Å²) in [6.45, 7) is 0. The van der Waals surface area contributed by atoms with Crippen LogP contribution in [0.5, 0.6) is 11.6 Å². The molecular formula is C10H8FN4NaO. The summed E-state index contributed by atoms with van der Waals surface area (Å²) in [5, 5.41) is 0. The number of hydrogen-bond acceptors (Lipinski definition) is 5. The van der Waals surface area contributed by atoms with Gasteiger partial charge in [0.25, 0.3) is 5.88 Å². The third-order valence-electron chi connectivity index (χ3n) is 1.76. The first-order chi connectivity index (χ1) is 7.66. The topological polar surface area (TPSA) is 87.0 Å². The normalized spacial score (nSPS) is 9.47. The van der Waals surface area contributed by atoms with Gasteiger partial charge in [0.05, 0.1) is 0 Å². The minimum Gasteiger partial charge on any atom is -0.500 e. The Kier molecular flexibility index (Phi) is 4.68. The van der Waals surface area contributed by atoms with Crippen LogP contribution in [0.2, 0.25) is 0 Å². The summed E-state index contributed by atoms with van der Waals surface area (Å²) in [5.74, 6) is -1.24. The Balaban J connectivity index is 0.00000144. The van der Waals surface area contributed by atoms with Gasteiger partial charge in [-0.3, -0.25) is 0 Å². The third-order valence-corrected chi connectivity index (χ3v) is 1.76. The second kappa shape index (κ2) is 5.81. The van der Waals surface area contributed by atoms with Gasteiger partial charge in [-0.1, -0.05) is 0 Å². The van der Waals surface area contributed by atoms with E-state index in [1.165, 1.54) is 6.07 Å². The van der Waals surface area contributed by atoms with Crippen molar-refractivity contribution in [2.45, 2.75) is 0 Å². The predicted octanol–water partition coefficient (Wildman–Crippen LogP) is -1.62. The molecule has 17 heavy (non-hydrogen) atoms. The minimum atomic E-state index is -0.835.